The highest BCUT2D eigenvalue weighted by molar-refractivity contribution is 8.15. The summed E-state index contributed by atoms with van der Waals surface area (Å²) in [4.78, 5) is 11.4. The Morgan fingerprint density at radius 2 is 2.22 bits per heavy atom. The van der Waals surface area contributed by atoms with Gasteiger partial charge in [-0.15, -0.1) is 5.10 Å². The number of hydrogen-bond donors (Lipinski definition) is 1. The molecule has 6 nitrogen and oxygen atoms in total. The molecule has 2 rings (SSSR count). The summed E-state index contributed by atoms with van der Waals surface area (Å²) in [6.07, 6.45) is 3.70. The molecular formula is C16H21N3O3S. The zero-order valence-electron chi connectivity index (χ0n) is 13.5. The minimum absolute atomic E-state index is 0.0424. The molecule has 0 bridgehead atoms. The van der Waals surface area contributed by atoms with Gasteiger partial charge in [-0.2, -0.15) is 5.10 Å². The highest BCUT2D eigenvalue weighted by atomic mass is 32.2. The van der Waals surface area contributed by atoms with Gasteiger partial charge in [0.05, 0.1) is 25.2 Å². The number of ether oxygens (including phenoxy) is 2. The first-order chi connectivity index (χ1) is 11.1. The lowest BCUT2D eigenvalue weighted by Crippen LogP contribution is -2.23. The van der Waals surface area contributed by atoms with E-state index in [9.17, 15) is 4.79 Å². The van der Waals surface area contributed by atoms with E-state index in [2.05, 4.69) is 22.4 Å². The number of amidine groups is 1. The largest absolute Gasteiger partial charge is 0.493 e. The third-order valence-corrected chi connectivity index (χ3v) is 4.16. The van der Waals surface area contributed by atoms with Crippen molar-refractivity contribution in [3.05, 3.63) is 23.8 Å². The first kappa shape index (κ1) is 17.3. The molecule has 1 heterocycles. The van der Waals surface area contributed by atoms with E-state index in [1.54, 1.807) is 13.3 Å². The maximum atomic E-state index is 11.4. The van der Waals surface area contributed by atoms with E-state index in [1.165, 1.54) is 11.8 Å². The summed E-state index contributed by atoms with van der Waals surface area (Å²) in [6.45, 7) is 4.62. The molecule has 1 aliphatic rings. The number of carbonyl (C=O) groups excluding carboxylic acids is 1. The van der Waals surface area contributed by atoms with Crippen molar-refractivity contribution >= 4 is 29.1 Å². The average Bonchev–Trinajstić information content (AvgIpc) is 2.87. The molecule has 0 aliphatic carbocycles. The number of benzene rings is 1. The topological polar surface area (TPSA) is 72.3 Å². The minimum Gasteiger partial charge on any atom is -0.493 e. The Morgan fingerprint density at radius 3 is 2.87 bits per heavy atom. The fourth-order valence-corrected chi connectivity index (χ4v) is 2.62. The molecule has 1 aliphatic heterocycles. The van der Waals surface area contributed by atoms with Crippen LogP contribution in [-0.2, 0) is 4.79 Å². The van der Waals surface area contributed by atoms with Gasteiger partial charge in [0.25, 0.3) is 0 Å². The Morgan fingerprint density at radius 1 is 1.39 bits per heavy atom. The molecule has 1 N–H and O–H groups in total. The molecule has 7 heteroatoms. The van der Waals surface area contributed by atoms with Gasteiger partial charge in [0.15, 0.2) is 16.7 Å². The molecule has 1 aromatic carbocycles. The van der Waals surface area contributed by atoms with Crippen molar-refractivity contribution in [3.63, 3.8) is 0 Å². The summed E-state index contributed by atoms with van der Waals surface area (Å²) in [7, 11) is 1.61. The molecule has 1 unspecified atom stereocenters. The fraction of sp³-hybridized carbons (Fsp3) is 0.438. The monoisotopic (exact) mass is 335 g/mol. The summed E-state index contributed by atoms with van der Waals surface area (Å²) >= 11 is 1.36. The molecule has 1 amide bonds. The molecule has 0 aromatic heterocycles. The predicted octanol–water partition coefficient (Wildman–Crippen LogP) is 2.82. The van der Waals surface area contributed by atoms with E-state index in [4.69, 9.17) is 9.47 Å². The molecular weight excluding hydrogens is 314 g/mol. The lowest BCUT2D eigenvalue weighted by atomic mass is 10.2. The number of thioether (sulfide) groups is 1. The maximum Gasteiger partial charge on any atom is 0.239 e. The summed E-state index contributed by atoms with van der Waals surface area (Å²) in [5, 5.41) is 11.1. The molecule has 1 aromatic rings. The van der Waals surface area contributed by atoms with E-state index in [0.717, 1.165) is 24.2 Å². The van der Waals surface area contributed by atoms with Crippen molar-refractivity contribution in [2.75, 3.05) is 13.7 Å². The van der Waals surface area contributed by atoms with Crippen LogP contribution in [0.25, 0.3) is 0 Å². The van der Waals surface area contributed by atoms with E-state index in [1.807, 2.05) is 25.1 Å². The summed E-state index contributed by atoms with van der Waals surface area (Å²) in [5.41, 5.74) is 0.844. The quantitative estimate of drug-likeness (QED) is 0.472. The third kappa shape index (κ3) is 4.99. The second kappa shape index (κ2) is 8.57. The molecule has 23 heavy (non-hydrogen) atoms. The van der Waals surface area contributed by atoms with Crippen molar-refractivity contribution in [1.82, 2.24) is 5.32 Å². The van der Waals surface area contributed by atoms with Gasteiger partial charge in [-0.25, -0.2) is 0 Å². The first-order valence-electron chi connectivity index (χ1n) is 7.53. The standard InChI is InChI=1S/C16H21N3O3S/c1-4-5-8-22-13-7-6-12(9-14(13)21-3)10-17-19-16-18-15(20)11(2)23-16/h6-7,9-11H,4-5,8H2,1-3H3,(H,18,19,20)/b17-10+. The Bertz CT molecular complexity index is 617. The smallest absolute Gasteiger partial charge is 0.239 e. The van der Waals surface area contributed by atoms with Crippen molar-refractivity contribution in [2.45, 2.75) is 31.9 Å². The highest BCUT2D eigenvalue weighted by Crippen LogP contribution is 2.27. The normalized spacial score (nSPS) is 19.3. The van der Waals surface area contributed by atoms with Crippen LogP contribution in [0.2, 0.25) is 0 Å². The zero-order chi connectivity index (χ0) is 16.7. The van der Waals surface area contributed by atoms with Crippen molar-refractivity contribution in [2.24, 2.45) is 10.2 Å². The van der Waals surface area contributed by atoms with Gasteiger partial charge in [0.2, 0.25) is 5.91 Å². The second-order valence-electron chi connectivity index (χ2n) is 5.01. The van der Waals surface area contributed by atoms with Gasteiger partial charge < -0.3 is 14.8 Å². The van der Waals surface area contributed by atoms with Crippen molar-refractivity contribution in [1.29, 1.82) is 0 Å². The zero-order valence-corrected chi connectivity index (χ0v) is 14.4. The number of amides is 1. The van der Waals surface area contributed by atoms with E-state index >= 15 is 0 Å². The lowest BCUT2D eigenvalue weighted by molar-refractivity contribution is -0.118. The Kier molecular flexibility index (Phi) is 6.46. The van der Waals surface area contributed by atoms with Crippen LogP contribution >= 0.6 is 11.8 Å². The Hall–Kier alpha value is -2.02. The van der Waals surface area contributed by atoms with Crippen LogP contribution < -0.4 is 14.8 Å². The van der Waals surface area contributed by atoms with Crippen LogP contribution in [0, 0.1) is 0 Å². The minimum atomic E-state index is -0.122. The van der Waals surface area contributed by atoms with Gasteiger partial charge in [0, 0.05) is 0 Å². The first-order valence-corrected chi connectivity index (χ1v) is 8.41. The van der Waals surface area contributed by atoms with Gasteiger partial charge in [0.1, 0.15) is 0 Å². The molecule has 0 spiro atoms. The average molecular weight is 335 g/mol. The van der Waals surface area contributed by atoms with Crippen LogP contribution in [0.15, 0.2) is 28.4 Å². The summed E-state index contributed by atoms with van der Waals surface area (Å²) in [5.74, 6) is 1.34. The predicted molar refractivity (Wildman–Crippen MR) is 93.6 cm³/mol. The van der Waals surface area contributed by atoms with E-state index in [-0.39, 0.29) is 11.2 Å². The van der Waals surface area contributed by atoms with E-state index in [0.29, 0.717) is 17.5 Å². The SMILES string of the molecule is CCCCOc1ccc(/C=N/N=C2NC(=O)C(C)S2)cc1OC. The van der Waals surface area contributed by atoms with Gasteiger partial charge in [-0.05, 0) is 37.1 Å². The number of methoxy groups -OCH3 is 1. The van der Waals surface area contributed by atoms with Crippen LogP contribution in [-0.4, -0.2) is 36.3 Å². The number of hydrogen-bond acceptors (Lipinski definition) is 6. The van der Waals surface area contributed by atoms with Crippen molar-refractivity contribution < 1.29 is 14.3 Å². The summed E-state index contributed by atoms with van der Waals surface area (Å²) in [6, 6.07) is 5.58. The fourth-order valence-electron chi connectivity index (χ4n) is 1.86. The van der Waals surface area contributed by atoms with Crippen LogP contribution in [0.3, 0.4) is 0 Å². The second-order valence-corrected chi connectivity index (χ2v) is 6.34. The van der Waals surface area contributed by atoms with E-state index < -0.39 is 0 Å². The molecule has 1 atom stereocenters. The van der Waals surface area contributed by atoms with Crippen LogP contribution in [0.4, 0.5) is 0 Å². The molecule has 0 saturated carbocycles. The summed E-state index contributed by atoms with van der Waals surface area (Å²) < 4.78 is 11.0. The number of rotatable bonds is 7. The Labute approximate surface area is 140 Å². The molecule has 1 fully saturated rings. The van der Waals surface area contributed by atoms with Gasteiger partial charge in [-0.3, -0.25) is 4.79 Å². The number of unbranched alkanes of at least 4 members (excludes halogenated alkanes) is 1. The molecule has 1 saturated heterocycles. The number of nitrogens with one attached hydrogen (secondary N) is 1. The van der Waals surface area contributed by atoms with Gasteiger partial charge in [-0.1, -0.05) is 25.1 Å². The van der Waals surface area contributed by atoms with Crippen LogP contribution in [0.1, 0.15) is 32.3 Å². The van der Waals surface area contributed by atoms with Crippen LogP contribution in [0.5, 0.6) is 11.5 Å². The van der Waals surface area contributed by atoms with Crippen molar-refractivity contribution in [3.8, 4) is 11.5 Å². The number of carbonyl (C=O) groups is 1. The highest BCUT2D eigenvalue weighted by Gasteiger charge is 2.25. The third-order valence-electron chi connectivity index (χ3n) is 3.19. The molecule has 0 radical (unpaired) electrons. The maximum absolute atomic E-state index is 11.4. The molecule has 124 valence electrons. The van der Waals surface area contributed by atoms with Gasteiger partial charge >= 0.3 is 0 Å². The lowest BCUT2D eigenvalue weighted by Gasteiger charge is -2.10. The Balaban J connectivity index is 2.01. The number of nitrogens with zero attached hydrogens (tertiary/aromatic N) is 2.